The molecule has 0 aromatic rings. The zero-order chi connectivity index (χ0) is 52.2. The number of hydrogen-bond acceptors (Lipinski definition) is 5. The van der Waals surface area contributed by atoms with Crippen LogP contribution in [0.4, 0.5) is 0 Å². The van der Waals surface area contributed by atoms with E-state index in [0.29, 0.717) is 25.9 Å². The topological polar surface area (TPSA) is 95.9 Å². The Morgan fingerprint density at radius 1 is 0.375 bits per heavy atom. The van der Waals surface area contributed by atoms with Gasteiger partial charge in [0.05, 0.1) is 25.4 Å². The number of nitrogens with one attached hydrogen (secondary N) is 1. The SMILES string of the molecule is CCCCCCCCCCCCCCCCCCCCCC(=O)OCCCCCCCCCCCCC/C=C\CCCCCCCCCC(=O)NC(CO)C(O)CCCCCCCCCCCCCCCC. The summed E-state index contributed by atoms with van der Waals surface area (Å²) in [5.74, 6) is -0.0240. The molecule has 0 fully saturated rings. The average molecular weight is 1020 g/mol. The molecule has 6 nitrogen and oxygen atoms in total. The molecule has 0 aliphatic carbocycles. The fraction of sp³-hybridized carbons (Fsp3) is 0.939. The lowest BCUT2D eigenvalue weighted by Gasteiger charge is -2.22. The van der Waals surface area contributed by atoms with Crippen LogP contribution in [0.5, 0.6) is 0 Å². The van der Waals surface area contributed by atoms with Gasteiger partial charge < -0.3 is 20.3 Å². The van der Waals surface area contributed by atoms with Crippen LogP contribution < -0.4 is 5.32 Å². The number of ether oxygens (including phenoxy) is 1. The summed E-state index contributed by atoms with van der Waals surface area (Å²) in [4.78, 5) is 24.6. The van der Waals surface area contributed by atoms with Crippen LogP contribution in [0.1, 0.15) is 373 Å². The van der Waals surface area contributed by atoms with Crippen LogP contribution in [-0.2, 0) is 14.3 Å². The lowest BCUT2D eigenvalue weighted by molar-refractivity contribution is -0.143. The first-order valence-corrected chi connectivity index (χ1v) is 32.9. The molecule has 0 aromatic carbocycles. The molecule has 0 radical (unpaired) electrons. The molecule has 0 aromatic heterocycles. The number of hydrogen-bond donors (Lipinski definition) is 3. The highest BCUT2D eigenvalue weighted by Gasteiger charge is 2.20. The van der Waals surface area contributed by atoms with Crippen molar-refractivity contribution in [3.8, 4) is 0 Å². The molecular weight excluding hydrogens is 887 g/mol. The lowest BCUT2D eigenvalue weighted by Crippen LogP contribution is -2.45. The Morgan fingerprint density at radius 2 is 0.653 bits per heavy atom. The molecule has 2 unspecified atom stereocenters. The van der Waals surface area contributed by atoms with E-state index in [4.69, 9.17) is 4.74 Å². The first-order valence-electron chi connectivity index (χ1n) is 32.9. The summed E-state index contributed by atoms with van der Waals surface area (Å²) in [6, 6.07) is -0.545. The van der Waals surface area contributed by atoms with E-state index in [1.807, 2.05) is 0 Å². The first kappa shape index (κ1) is 70.6. The van der Waals surface area contributed by atoms with Crippen LogP contribution in [0.2, 0.25) is 0 Å². The Morgan fingerprint density at radius 3 is 0.986 bits per heavy atom. The Hall–Kier alpha value is -1.40. The van der Waals surface area contributed by atoms with Crippen LogP contribution in [0, 0.1) is 0 Å². The van der Waals surface area contributed by atoms with E-state index >= 15 is 0 Å². The third-order valence-corrected chi connectivity index (χ3v) is 15.6. The summed E-state index contributed by atoms with van der Waals surface area (Å²) in [6.45, 7) is 4.98. The van der Waals surface area contributed by atoms with Gasteiger partial charge >= 0.3 is 5.97 Å². The molecule has 0 spiro atoms. The summed E-state index contributed by atoms with van der Waals surface area (Å²) in [5.41, 5.74) is 0. The molecule has 0 aliphatic rings. The number of carbonyl (C=O) groups excluding carboxylic acids is 2. The number of unbranched alkanes of at least 4 members (excludes halogenated alkanes) is 49. The van der Waals surface area contributed by atoms with Gasteiger partial charge in [0.2, 0.25) is 5.91 Å². The second-order valence-corrected chi connectivity index (χ2v) is 22.8. The standard InChI is InChI=1S/C66H129NO5/c1-3-5-7-9-11-13-15-17-19-20-25-29-32-36-40-44-48-52-56-60-66(71)72-61-57-53-49-45-41-37-33-30-27-24-22-21-23-26-28-31-35-39-43-47-51-55-59-65(70)67-63(62-68)64(69)58-54-50-46-42-38-34-18-16-14-12-10-8-6-4-2/h23,26,63-64,68-69H,3-22,24-25,27-62H2,1-2H3,(H,67,70)/b26-23-. The zero-order valence-corrected chi connectivity index (χ0v) is 48.9. The minimum atomic E-state index is -0.667. The minimum Gasteiger partial charge on any atom is -0.466 e. The number of aliphatic hydroxyl groups is 2. The van der Waals surface area contributed by atoms with Gasteiger partial charge in [-0.3, -0.25) is 9.59 Å². The number of amides is 1. The number of aliphatic hydroxyl groups excluding tert-OH is 2. The molecular formula is C66H129NO5. The summed E-state index contributed by atoms with van der Waals surface area (Å²) >= 11 is 0. The maximum Gasteiger partial charge on any atom is 0.305 e. The van der Waals surface area contributed by atoms with Gasteiger partial charge in [0.15, 0.2) is 0 Å². The Bertz CT molecular complexity index is 1080. The monoisotopic (exact) mass is 1020 g/mol. The molecule has 0 bridgehead atoms. The van der Waals surface area contributed by atoms with Crippen molar-refractivity contribution in [1.29, 1.82) is 0 Å². The average Bonchev–Trinajstić information content (AvgIpc) is 3.38. The van der Waals surface area contributed by atoms with Crippen molar-refractivity contribution in [2.75, 3.05) is 13.2 Å². The summed E-state index contributed by atoms with van der Waals surface area (Å²) < 4.78 is 5.51. The van der Waals surface area contributed by atoms with Gasteiger partial charge in [0, 0.05) is 12.8 Å². The van der Waals surface area contributed by atoms with Gasteiger partial charge in [-0.1, -0.05) is 321 Å². The Labute approximate surface area is 450 Å². The van der Waals surface area contributed by atoms with Crippen molar-refractivity contribution < 1.29 is 24.5 Å². The Balaban J connectivity index is 3.37. The predicted molar refractivity (Wildman–Crippen MR) is 315 cm³/mol. The van der Waals surface area contributed by atoms with E-state index in [1.165, 1.54) is 302 Å². The summed E-state index contributed by atoms with van der Waals surface area (Å²) in [7, 11) is 0. The van der Waals surface area contributed by atoms with Crippen molar-refractivity contribution >= 4 is 11.9 Å². The molecule has 0 saturated heterocycles. The van der Waals surface area contributed by atoms with Crippen LogP contribution in [0.3, 0.4) is 0 Å². The number of rotatable bonds is 62. The first-order chi connectivity index (χ1) is 35.5. The summed E-state index contributed by atoms with van der Waals surface area (Å²) in [6.07, 6.45) is 75.2. The van der Waals surface area contributed by atoms with Gasteiger partial charge in [-0.2, -0.15) is 0 Å². The summed E-state index contributed by atoms with van der Waals surface area (Å²) in [5, 5.41) is 23.3. The third-order valence-electron chi connectivity index (χ3n) is 15.6. The highest BCUT2D eigenvalue weighted by atomic mass is 16.5. The van der Waals surface area contributed by atoms with Gasteiger partial charge in [0.25, 0.3) is 0 Å². The second-order valence-electron chi connectivity index (χ2n) is 22.8. The van der Waals surface area contributed by atoms with Crippen molar-refractivity contribution in [1.82, 2.24) is 5.32 Å². The Kier molecular flexibility index (Phi) is 60.9. The fourth-order valence-electron chi connectivity index (χ4n) is 10.5. The predicted octanol–water partition coefficient (Wildman–Crippen LogP) is 20.8. The zero-order valence-electron chi connectivity index (χ0n) is 48.9. The van der Waals surface area contributed by atoms with E-state index < -0.39 is 12.1 Å². The van der Waals surface area contributed by atoms with Crippen LogP contribution in [0.15, 0.2) is 12.2 Å². The van der Waals surface area contributed by atoms with Gasteiger partial charge in [-0.15, -0.1) is 0 Å². The van der Waals surface area contributed by atoms with Gasteiger partial charge in [-0.25, -0.2) is 0 Å². The smallest absolute Gasteiger partial charge is 0.305 e. The molecule has 0 saturated carbocycles. The highest BCUT2D eigenvalue weighted by molar-refractivity contribution is 5.76. The van der Waals surface area contributed by atoms with Crippen molar-refractivity contribution in [2.24, 2.45) is 0 Å². The normalized spacial score (nSPS) is 12.6. The minimum absolute atomic E-state index is 0.0156. The molecule has 2 atom stereocenters. The lowest BCUT2D eigenvalue weighted by atomic mass is 10.0. The molecule has 0 heterocycles. The molecule has 0 rings (SSSR count). The van der Waals surface area contributed by atoms with Crippen LogP contribution in [-0.4, -0.2) is 47.4 Å². The highest BCUT2D eigenvalue weighted by Crippen LogP contribution is 2.18. The molecule has 72 heavy (non-hydrogen) atoms. The van der Waals surface area contributed by atoms with Gasteiger partial charge in [0.1, 0.15) is 0 Å². The van der Waals surface area contributed by atoms with E-state index in [9.17, 15) is 19.8 Å². The number of esters is 1. The number of carbonyl (C=O) groups is 2. The van der Waals surface area contributed by atoms with Crippen molar-refractivity contribution in [2.45, 2.75) is 386 Å². The molecule has 6 heteroatoms. The van der Waals surface area contributed by atoms with E-state index in [-0.39, 0.29) is 18.5 Å². The van der Waals surface area contributed by atoms with E-state index in [2.05, 4.69) is 31.3 Å². The van der Waals surface area contributed by atoms with E-state index in [0.717, 1.165) is 38.5 Å². The van der Waals surface area contributed by atoms with Crippen molar-refractivity contribution in [3.05, 3.63) is 12.2 Å². The second kappa shape index (κ2) is 62.1. The molecule has 3 N–H and O–H groups in total. The number of allylic oxidation sites excluding steroid dienone is 2. The van der Waals surface area contributed by atoms with Crippen LogP contribution in [0.25, 0.3) is 0 Å². The van der Waals surface area contributed by atoms with Gasteiger partial charge in [-0.05, 0) is 51.4 Å². The quantitative estimate of drug-likeness (QED) is 0.0320. The van der Waals surface area contributed by atoms with Crippen molar-refractivity contribution in [3.63, 3.8) is 0 Å². The molecule has 1 amide bonds. The molecule has 0 aliphatic heterocycles. The van der Waals surface area contributed by atoms with E-state index in [1.54, 1.807) is 0 Å². The molecule has 428 valence electrons. The fourth-order valence-corrected chi connectivity index (χ4v) is 10.5. The third kappa shape index (κ3) is 57.9. The maximum absolute atomic E-state index is 12.5. The van der Waals surface area contributed by atoms with Crippen LogP contribution >= 0.6 is 0 Å². The maximum atomic E-state index is 12.5. The largest absolute Gasteiger partial charge is 0.466 e.